The number of aliphatic carboxylic acids is 1. The second-order valence-corrected chi connectivity index (χ2v) is 18.8. The van der Waals surface area contributed by atoms with E-state index in [1.807, 2.05) is 0 Å². The first-order valence-corrected chi connectivity index (χ1v) is 18.4. The molecule has 5 rings (SSSR count). The number of fused-ring (bicyclic) bond motifs is 7. The van der Waals surface area contributed by atoms with Gasteiger partial charge in [-0.3, -0.25) is 14.4 Å². The number of hydrogen-bond donors (Lipinski definition) is 1. The Morgan fingerprint density at radius 1 is 0.936 bits per heavy atom. The van der Waals surface area contributed by atoms with Crippen LogP contribution in [0, 0.1) is 73.4 Å². The van der Waals surface area contributed by atoms with E-state index >= 15 is 0 Å². The molecule has 0 aromatic carbocycles. The highest BCUT2D eigenvalue weighted by Gasteiger charge is 2.71. The zero-order valence-corrected chi connectivity index (χ0v) is 30.8. The van der Waals surface area contributed by atoms with Gasteiger partial charge in [0, 0.05) is 18.9 Å². The average molecular weight is 651 g/mol. The molecule has 0 heterocycles. The van der Waals surface area contributed by atoms with Crippen molar-refractivity contribution in [2.24, 2.45) is 62.1 Å². The fourth-order valence-corrected chi connectivity index (χ4v) is 13.0. The van der Waals surface area contributed by atoms with Crippen LogP contribution in [-0.4, -0.2) is 47.5 Å². The number of esters is 1. The molecular weight excluding hydrogens is 588 g/mol. The summed E-state index contributed by atoms with van der Waals surface area (Å²) in [6.45, 7) is 22.3. The van der Waals surface area contributed by atoms with Crippen LogP contribution in [0.25, 0.3) is 0 Å². The Hall–Kier alpha value is -2.36. The van der Waals surface area contributed by atoms with Gasteiger partial charge in [0.25, 0.3) is 0 Å². The van der Waals surface area contributed by atoms with E-state index in [-0.39, 0.29) is 52.1 Å². The van der Waals surface area contributed by atoms with Gasteiger partial charge in [0.15, 0.2) is 0 Å². The molecule has 5 aliphatic carbocycles. The number of rotatable bonds is 8. The fourth-order valence-electron chi connectivity index (χ4n) is 13.0. The molecule has 0 bridgehead atoms. The van der Waals surface area contributed by atoms with E-state index in [1.165, 1.54) is 18.4 Å². The van der Waals surface area contributed by atoms with E-state index in [9.17, 15) is 24.8 Å². The van der Waals surface area contributed by atoms with Crippen molar-refractivity contribution in [3.8, 4) is 6.07 Å². The van der Waals surface area contributed by atoms with Crippen molar-refractivity contribution in [1.29, 1.82) is 5.26 Å². The van der Waals surface area contributed by atoms with Crippen LogP contribution >= 0.6 is 0 Å². The van der Waals surface area contributed by atoms with Gasteiger partial charge in [0.2, 0.25) is 5.91 Å². The van der Waals surface area contributed by atoms with Gasteiger partial charge in [-0.05, 0) is 136 Å². The van der Waals surface area contributed by atoms with Gasteiger partial charge in [-0.15, -0.1) is 0 Å². The van der Waals surface area contributed by atoms with Crippen LogP contribution in [0.2, 0.25) is 0 Å². The highest BCUT2D eigenvalue weighted by atomic mass is 16.5. The summed E-state index contributed by atoms with van der Waals surface area (Å²) in [5, 5.41) is 18.8. The van der Waals surface area contributed by atoms with Gasteiger partial charge >= 0.3 is 11.9 Å². The van der Waals surface area contributed by atoms with Gasteiger partial charge in [0.1, 0.15) is 12.6 Å². The molecule has 7 nitrogen and oxygen atoms in total. The maximum atomic E-state index is 13.5. The number of carboxylic acid groups (broad SMARTS) is 1. The van der Waals surface area contributed by atoms with E-state index < -0.39 is 17.4 Å². The molecule has 0 aliphatic heterocycles. The summed E-state index contributed by atoms with van der Waals surface area (Å²) in [6, 6.07) is 2.16. The number of ether oxygens (including phenoxy) is 1. The van der Waals surface area contributed by atoms with Gasteiger partial charge in [-0.25, -0.2) is 0 Å². The number of hydrogen-bond acceptors (Lipinski definition) is 5. The lowest BCUT2D eigenvalue weighted by molar-refractivity contribution is -0.250. The number of carbonyl (C=O) groups excluding carboxylic acids is 2. The molecule has 10 atom stereocenters. The Balaban J connectivity index is 1.41. The molecule has 5 aliphatic rings. The maximum absolute atomic E-state index is 13.5. The monoisotopic (exact) mass is 650 g/mol. The minimum Gasteiger partial charge on any atom is -0.481 e. The predicted octanol–water partition coefficient (Wildman–Crippen LogP) is 8.43. The van der Waals surface area contributed by atoms with Gasteiger partial charge in [-0.2, -0.15) is 5.26 Å². The van der Waals surface area contributed by atoms with Gasteiger partial charge in [0.05, 0.1) is 17.9 Å². The summed E-state index contributed by atoms with van der Waals surface area (Å²) in [5.74, 6) is 1.14. The number of amides is 1. The van der Waals surface area contributed by atoms with Crippen LogP contribution in [0.15, 0.2) is 12.2 Å². The van der Waals surface area contributed by atoms with Crippen molar-refractivity contribution < 1.29 is 24.2 Å². The summed E-state index contributed by atoms with van der Waals surface area (Å²) in [6.07, 6.45) is 11.1. The summed E-state index contributed by atoms with van der Waals surface area (Å²) >= 11 is 0. The molecule has 0 unspecified atom stereocenters. The molecule has 0 aromatic rings. The van der Waals surface area contributed by atoms with E-state index in [1.54, 1.807) is 25.8 Å². The molecule has 0 saturated heterocycles. The van der Waals surface area contributed by atoms with Crippen LogP contribution in [0.4, 0.5) is 0 Å². The summed E-state index contributed by atoms with van der Waals surface area (Å²) in [5.41, 5.74) is 0.354. The molecular formula is C40H62N2O5. The summed E-state index contributed by atoms with van der Waals surface area (Å²) in [7, 11) is 1.77. The third-order valence-corrected chi connectivity index (χ3v) is 15.9. The number of nitriles is 1. The van der Waals surface area contributed by atoms with Crippen molar-refractivity contribution in [3.05, 3.63) is 12.2 Å². The Labute approximate surface area is 284 Å². The SMILES string of the molecule is C=C(C)[C@@H]1CC[C@]2(CC(=O)N(C)CC#N)CC[C@]3(C)[C@H](CC[C@@H]4[C@@]5(C)CC[C@H](OC(=O)CC(C)(C)C(=O)O)C(C)(C)[C@@H]5CC[C@]43C)[C@@H]12. The standard InChI is InChI=1S/C40H62N2O5/c1-25(2)26-13-18-40(23-31(43)42(10)22-21-41)20-19-38(8)27(33(26)40)11-12-29-37(7)16-15-30(47-32(44)24-35(3,4)34(45)46)36(5,6)28(37)14-17-39(29,38)9/h26-30,33H,1,11-20,22-24H2,2-10H3,(H,45,46)/t26-,27+,28-,29+,30-,33+,37-,38+,39+,40+/m0/s1. The van der Waals surface area contributed by atoms with Gasteiger partial charge in [-0.1, -0.05) is 46.8 Å². The smallest absolute Gasteiger partial charge is 0.309 e. The average Bonchev–Trinajstić information content (AvgIpc) is 3.34. The van der Waals surface area contributed by atoms with Crippen LogP contribution in [0.3, 0.4) is 0 Å². The first-order valence-electron chi connectivity index (χ1n) is 18.4. The maximum Gasteiger partial charge on any atom is 0.309 e. The van der Waals surface area contributed by atoms with Crippen molar-refractivity contribution in [3.63, 3.8) is 0 Å². The van der Waals surface area contributed by atoms with Crippen molar-refractivity contribution in [2.45, 2.75) is 139 Å². The largest absolute Gasteiger partial charge is 0.481 e. The quantitative estimate of drug-likeness (QED) is 0.161. The Morgan fingerprint density at radius 2 is 1.62 bits per heavy atom. The topological polar surface area (TPSA) is 108 Å². The number of carboxylic acids is 1. The molecule has 5 saturated carbocycles. The van der Waals surface area contributed by atoms with Crippen molar-refractivity contribution in [2.75, 3.05) is 13.6 Å². The molecule has 1 amide bonds. The zero-order chi connectivity index (χ0) is 35.0. The third-order valence-electron chi connectivity index (χ3n) is 15.9. The highest BCUT2D eigenvalue weighted by Crippen LogP contribution is 2.78. The van der Waals surface area contributed by atoms with E-state index in [2.05, 4.69) is 54.2 Å². The molecule has 0 radical (unpaired) electrons. The number of carbonyl (C=O) groups is 3. The Morgan fingerprint density at radius 3 is 2.23 bits per heavy atom. The second-order valence-electron chi connectivity index (χ2n) is 18.8. The minimum absolute atomic E-state index is 0.0158. The van der Waals surface area contributed by atoms with Crippen LogP contribution < -0.4 is 0 Å². The Kier molecular flexibility index (Phi) is 9.10. The molecule has 0 spiro atoms. The second kappa shape index (κ2) is 11.9. The molecule has 1 N–H and O–H groups in total. The highest BCUT2D eigenvalue weighted by molar-refractivity contribution is 5.81. The Bertz CT molecular complexity index is 1350. The number of allylic oxidation sites excluding steroid dienone is 1. The minimum atomic E-state index is -1.15. The van der Waals surface area contributed by atoms with Crippen molar-refractivity contribution in [1.82, 2.24) is 4.90 Å². The summed E-state index contributed by atoms with van der Waals surface area (Å²) in [4.78, 5) is 39.8. The number of nitrogens with zero attached hydrogens (tertiary/aromatic N) is 2. The zero-order valence-electron chi connectivity index (χ0n) is 30.8. The van der Waals surface area contributed by atoms with Crippen molar-refractivity contribution >= 4 is 17.8 Å². The molecule has 0 aromatic heterocycles. The van der Waals surface area contributed by atoms with Crippen LogP contribution in [0.1, 0.15) is 132 Å². The van der Waals surface area contributed by atoms with Crippen LogP contribution in [-0.2, 0) is 19.1 Å². The van der Waals surface area contributed by atoms with E-state index in [0.717, 1.165) is 51.4 Å². The van der Waals surface area contributed by atoms with E-state index in [0.29, 0.717) is 36.0 Å². The molecule has 7 heteroatoms. The first kappa shape index (κ1) is 35.9. The van der Waals surface area contributed by atoms with E-state index in [4.69, 9.17) is 4.74 Å². The summed E-state index contributed by atoms with van der Waals surface area (Å²) < 4.78 is 6.15. The fraction of sp³-hybridized carbons (Fsp3) is 0.850. The third kappa shape index (κ3) is 5.47. The molecule has 5 fully saturated rings. The first-order chi connectivity index (χ1) is 21.7. The predicted molar refractivity (Wildman–Crippen MR) is 183 cm³/mol. The molecule has 262 valence electrons. The lowest BCUT2D eigenvalue weighted by Crippen LogP contribution is -2.67. The normalized spacial score (nSPS) is 42.0. The lowest BCUT2D eigenvalue weighted by Gasteiger charge is -2.73. The van der Waals surface area contributed by atoms with Crippen LogP contribution in [0.5, 0.6) is 0 Å². The van der Waals surface area contributed by atoms with Gasteiger partial charge < -0.3 is 14.7 Å². The molecule has 47 heavy (non-hydrogen) atoms. The lowest BCUT2D eigenvalue weighted by atomic mass is 9.32.